The number of aromatic nitrogens is 3. The Morgan fingerprint density at radius 1 is 1.00 bits per heavy atom. The molecule has 0 saturated carbocycles. The first kappa shape index (κ1) is 17.5. The molecule has 144 valence electrons. The Morgan fingerprint density at radius 3 is 2.61 bits per heavy atom. The summed E-state index contributed by atoms with van der Waals surface area (Å²) in [6.07, 6.45) is 2.57. The summed E-state index contributed by atoms with van der Waals surface area (Å²) in [7, 11) is 0. The highest BCUT2D eigenvalue weighted by molar-refractivity contribution is 7.71. The molecule has 2 aliphatic heterocycles. The standard InChI is InChI=1S/C21H22N4O2S/c28-21-24(13-16-8-9-18-19(12-16)27-15-26-18)20(17-6-2-1-3-7-17)22-25(21)14-23-10-4-5-11-23/h1-3,6-9,12H,4-5,10-11,13-15H2/p+1. The molecule has 1 aromatic heterocycles. The maximum atomic E-state index is 5.84. The normalized spacial score (nSPS) is 16.0. The SMILES string of the molecule is S=c1n(C[NH+]2CCCC2)nc(-c2ccccc2)n1Cc1ccc2c(c1)OCO2. The summed E-state index contributed by atoms with van der Waals surface area (Å²) in [6, 6.07) is 16.3. The summed E-state index contributed by atoms with van der Waals surface area (Å²) in [5, 5.41) is 4.91. The zero-order valence-electron chi connectivity index (χ0n) is 15.6. The van der Waals surface area contributed by atoms with Crippen LogP contribution in [-0.4, -0.2) is 34.2 Å². The summed E-state index contributed by atoms with van der Waals surface area (Å²) >= 11 is 5.84. The molecule has 6 nitrogen and oxygen atoms in total. The molecule has 0 unspecified atom stereocenters. The van der Waals surface area contributed by atoms with Crippen molar-refractivity contribution in [1.82, 2.24) is 14.3 Å². The van der Waals surface area contributed by atoms with E-state index >= 15 is 0 Å². The molecule has 0 aliphatic carbocycles. The maximum Gasteiger partial charge on any atom is 0.231 e. The lowest BCUT2D eigenvalue weighted by molar-refractivity contribution is -0.911. The molecule has 0 radical (unpaired) electrons. The van der Waals surface area contributed by atoms with Gasteiger partial charge in [-0.25, -0.2) is 0 Å². The van der Waals surface area contributed by atoms with Crippen molar-refractivity contribution < 1.29 is 14.4 Å². The van der Waals surface area contributed by atoms with Gasteiger partial charge in [-0.1, -0.05) is 36.4 Å². The highest BCUT2D eigenvalue weighted by atomic mass is 32.1. The third-order valence-corrected chi connectivity index (χ3v) is 5.85. The summed E-state index contributed by atoms with van der Waals surface area (Å²) in [5.41, 5.74) is 2.19. The number of ether oxygens (including phenoxy) is 2. The molecule has 2 aromatic carbocycles. The van der Waals surface area contributed by atoms with Crippen LogP contribution in [0.25, 0.3) is 11.4 Å². The van der Waals surface area contributed by atoms with Gasteiger partial charge >= 0.3 is 0 Å². The first-order valence-electron chi connectivity index (χ1n) is 9.73. The average Bonchev–Trinajstić information content (AvgIpc) is 3.46. The Balaban J connectivity index is 1.53. The fourth-order valence-corrected chi connectivity index (χ4v) is 4.21. The number of benzene rings is 2. The van der Waals surface area contributed by atoms with Crippen molar-refractivity contribution >= 4 is 12.2 Å². The predicted molar refractivity (Wildman–Crippen MR) is 108 cm³/mol. The van der Waals surface area contributed by atoms with Gasteiger partial charge in [0.15, 0.2) is 24.0 Å². The van der Waals surface area contributed by atoms with Gasteiger partial charge in [0.25, 0.3) is 0 Å². The molecule has 0 atom stereocenters. The lowest BCUT2D eigenvalue weighted by atomic mass is 10.2. The molecule has 2 aliphatic rings. The molecule has 28 heavy (non-hydrogen) atoms. The largest absolute Gasteiger partial charge is 0.454 e. The van der Waals surface area contributed by atoms with E-state index in [-0.39, 0.29) is 6.79 Å². The van der Waals surface area contributed by atoms with E-state index in [1.54, 1.807) is 4.90 Å². The molecule has 0 amide bonds. The molecule has 1 fully saturated rings. The Bertz CT molecular complexity index is 1040. The van der Waals surface area contributed by atoms with Gasteiger partial charge < -0.3 is 14.4 Å². The number of hydrogen-bond acceptors (Lipinski definition) is 4. The number of likely N-dealkylation sites (tertiary alicyclic amines) is 1. The molecule has 1 saturated heterocycles. The van der Waals surface area contributed by atoms with Crippen molar-refractivity contribution in [2.75, 3.05) is 19.9 Å². The van der Waals surface area contributed by atoms with Gasteiger partial charge in [0.1, 0.15) is 0 Å². The molecular formula is C21H23N4O2S+. The van der Waals surface area contributed by atoms with E-state index in [1.807, 2.05) is 35.0 Å². The lowest BCUT2D eigenvalue weighted by Crippen LogP contribution is -3.09. The Morgan fingerprint density at radius 2 is 1.79 bits per heavy atom. The minimum Gasteiger partial charge on any atom is -0.454 e. The second kappa shape index (κ2) is 7.41. The number of quaternary nitrogens is 1. The highest BCUT2D eigenvalue weighted by Crippen LogP contribution is 2.33. The van der Waals surface area contributed by atoms with Crippen molar-refractivity contribution in [2.45, 2.75) is 26.1 Å². The van der Waals surface area contributed by atoms with Crippen LogP contribution < -0.4 is 14.4 Å². The molecule has 5 rings (SSSR count). The van der Waals surface area contributed by atoms with Gasteiger partial charge in [0, 0.05) is 18.4 Å². The third-order valence-electron chi connectivity index (χ3n) is 5.42. The maximum absolute atomic E-state index is 5.84. The Hall–Kier alpha value is -2.64. The van der Waals surface area contributed by atoms with Gasteiger partial charge in [-0.2, -0.15) is 4.68 Å². The first-order chi connectivity index (χ1) is 13.8. The third kappa shape index (κ3) is 3.31. The Labute approximate surface area is 168 Å². The minimum absolute atomic E-state index is 0.282. The van der Waals surface area contributed by atoms with Crippen molar-refractivity contribution in [2.24, 2.45) is 0 Å². The van der Waals surface area contributed by atoms with Crippen LogP contribution in [0.1, 0.15) is 18.4 Å². The van der Waals surface area contributed by atoms with Crippen molar-refractivity contribution in [3.05, 3.63) is 58.9 Å². The van der Waals surface area contributed by atoms with Crippen LogP contribution in [0.4, 0.5) is 0 Å². The predicted octanol–water partition coefficient (Wildman–Crippen LogP) is 2.49. The molecule has 7 heteroatoms. The Kier molecular flexibility index (Phi) is 4.62. The molecule has 1 N–H and O–H groups in total. The van der Waals surface area contributed by atoms with Crippen molar-refractivity contribution in [3.63, 3.8) is 0 Å². The highest BCUT2D eigenvalue weighted by Gasteiger charge is 2.20. The van der Waals surface area contributed by atoms with E-state index in [2.05, 4.69) is 22.8 Å². The monoisotopic (exact) mass is 395 g/mol. The topological polar surface area (TPSA) is 45.7 Å². The molecule has 3 aromatic rings. The van der Waals surface area contributed by atoms with E-state index in [1.165, 1.54) is 25.9 Å². The quantitative estimate of drug-likeness (QED) is 0.675. The van der Waals surface area contributed by atoms with Gasteiger partial charge in [-0.05, 0) is 29.9 Å². The molecule has 0 bridgehead atoms. The zero-order valence-corrected chi connectivity index (χ0v) is 16.5. The second-order valence-electron chi connectivity index (χ2n) is 7.36. The number of hydrogen-bond donors (Lipinski definition) is 1. The summed E-state index contributed by atoms with van der Waals surface area (Å²) in [6.45, 7) is 4.14. The van der Waals surface area contributed by atoms with E-state index in [4.69, 9.17) is 26.8 Å². The first-order valence-corrected chi connectivity index (χ1v) is 10.1. The van der Waals surface area contributed by atoms with Crippen LogP contribution >= 0.6 is 12.2 Å². The van der Waals surface area contributed by atoms with Crippen molar-refractivity contribution in [1.29, 1.82) is 0 Å². The van der Waals surface area contributed by atoms with E-state index in [0.717, 1.165) is 39.9 Å². The number of nitrogens with one attached hydrogen (secondary N) is 1. The van der Waals surface area contributed by atoms with Crippen molar-refractivity contribution in [3.8, 4) is 22.9 Å². The van der Waals surface area contributed by atoms with E-state index in [0.29, 0.717) is 6.54 Å². The van der Waals surface area contributed by atoms with Crippen LogP contribution in [0.2, 0.25) is 0 Å². The van der Waals surface area contributed by atoms with Crippen LogP contribution in [0.3, 0.4) is 0 Å². The smallest absolute Gasteiger partial charge is 0.231 e. The second-order valence-corrected chi connectivity index (χ2v) is 7.73. The number of fused-ring (bicyclic) bond motifs is 1. The van der Waals surface area contributed by atoms with E-state index in [9.17, 15) is 0 Å². The summed E-state index contributed by atoms with van der Waals surface area (Å²) in [4.78, 5) is 1.54. The van der Waals surface area contributed by atoms with Gasteiger partial charge in [0.05, 0.1) is 19.6 Å². The summed E-state index contributed by atoms with van der Waals surface area (Å²) < 4.78 is 15.8. The fourth-order valence-electron chi connectivity index (χ4n) is 3.95. The van der Waals surface area contributed by atoms with Gasteiger partial charge in [0.2, 0.25) is 11.6 Å². The number of nitrogens with zero attached hydrogens (tertiary/aromatic N) is 3. The van der Waals surface area contributed by atoms with Gasteiger partial charge in [-0.3, -0.25) is 4.57 Å². The van der Waals surface area contributed by atoms with Crippen LogP contribution in [0.5, 0.6) is 11.5 Å². The number of rotatable bonds is 5. The zero-order chi connectivity index (χ0) is 18.9. The summed E-state index contributed by atoms with van der Waals surface area (Å²) in [5.74, 6) is 2.49. The molecule has 3 heterocycles. The fraction of sp³-hybridized carbons (Fsp3) is 0.333. The van der Waals surface area contributed by atoms with Crippen LogP contribution in [0.15, 0.2) is 48.5 Å². The molecular weight excluding hydrogens is 372 g/mol. The van der Waals surface area contributed by atoms with Gasteiger partial charge in [-0.15, -0.1) is 5.10 Å². The minimum atomic E-state index is 0.282. The van der Waals surface area contributed by atoms with Crippen LogP contribution in [-0.2, 0) is 13.2 Å². The molecule has 0 spiro atoms. The van der Waals surface area contributed by atoms with E-state index < -0.39 is 0 Å². The van der Waals surface area contributed by atoms with Crippen LogP contribution in [0, 0.1) is 4.77 Å². The lowest BCUT2D eigenvalue weighted by Gasteiger charge is -2.11. The average molecular weight is 396 g/mol.